The van der Waals surface area contributed by atoms with Crippen LogP contribution in [0, 0.1) is 0 Å². The topological polar surface area (TPSA) is 151 Å². The molecule has 0 unspecified atom stereocenters. The fourth-order valence-electron chi connectivity index (χ4n) is 4.93. The highest BCUT2D eigenvalue weighted by atomic mass is 16.5. The first kappa shape index (κ1) is 32.5. The van der Waals surface area contributed by atoms with Gasteiger partial charge in [0.05, 0.1) is 45.0 Å². The summed E-state index contributed by atoms with van der Waals surface area (Å²) in [6, 6.07) is 0.424. The molecule has 0 spiro atoms. The Balaban J connectivity index is 0.000000258. The number of piperazine rings is 2. The summed E-state index contributed by atoms with van der Waals surface area (Å²) in [6.45, 7) is 11.2. The van der Waals surface area contributed by atoms with Gasteiger partial charge in [-0.05, 0) is 53.5 Å². The molecule has 220 valence electrons. The first-order valence-corrected chi connectivity index (χ1v) is 13.1. The van der Waals surface area contributed by atoms with E-state index in [1.807, 2.05) is 16.7 Å². The highest BCUT2D eigenvalue weighted by Crippen LogP contribution is 2.23. The van der Waals surface area contributed by atoms with Crippen LogP contribution in [0.15, 0.2) is 24.0 Å². The predicted molar refractivity (Wildman–Crippen MR) is 139 cm³/mol. The van der Waals surface area contributed by atoms with E-state index in [1.54, 1.807) is 16.0 Å². The van der Waals surface area contributed by atoms with Crippen LogP contribution >= 0.6 is 0 Å². The van der Waals surface area contributed by atoms with Gasteiger partial charge < -0.3 is 29.1 Å². The standard InChI is InChI=1S/C14H20N2O4.C12H18N2O3.CO2/c1-9-4-5-20-14-8-15(7-13(19)16(9)14)6-12(10(2)17)11(3)18;1-9-4-6-17-12-8-13(5-3-10(2)15)7-11(16)14(9)12;2-1-3/h6,9,14H,4-5,7-8H2,1-3H3;3,5,9,12H,4,6-8H2,1-2H3;/b;5-3+;/t9-,14+;9-,12+;/m11./s1. The first-order valence-electron chi connectivity index (χ1n) is 13.1. The first-order chi connectivity index (χ1) is 18.9. The molecule has 4 aliphatic rings. The molecule has 13 heteroatoms. The summed E-state index contributed by atoms with van der Waals surface area (Å²) in [7, 11) is 0. The Bertz CT molecular complexity index is 1050. The van der Waals surface area contributed by atoms with Gasteiger partial charge in [-0.2, -0.15) is 9.59 Å². The highest BCUT2D eigenvalue weighted by molar-refractivity contribution is 6.18. The van der Waals surface area contributed by atoms with Crippen molar-refractivity contribution in [2.75, 3.05) is 39.4 Å². The van der Waals surface area contributed by atoms with Gasteiger partial charge in [-0.1, -0.05) is 0 Å². The summed E-state index contributed by atoms with van der Waals surface area (Å²) >= 11 is 0. The number of rotatable bonds is 5. The van der Waals surface area contributed by atoms with E-state index in [9.17, 15) is 24.0 Å². The number of carbonyl (C=O) groups excluding carboxylic acids is 7. The van der Waals surface area contributed by atoms with Crippen molar-refractivity contribution in [2.24, 2.45) is 0 Å². The van der Waals surface area contributed by atoms with Crippen molar-refractivity contribution in [3.63, 3.8) is 0 Å². The summed E-state index contributed by atoms with van der Waals surface area (Å²) < 4.78 is 11.2. The number of carbonyl (C=O) groups is 5. The second-order valence-corrected chi connectivity index (χ2v) is 10.1. The molecule has 4 fully saturated rings. The van der Waals surface area contributed by atoms with Crippen LogP contribution in [0.4, 0.5) is 0 Å². The van der Waals surface area contributed by atoms with Crippen molar-refractivity contribution in [3.8, 4) is 0 Å². The molecular formula is C27H38N4O9. The second kappa shape index (κ2) is 15.2. The number of nitrogens with zero attached hydrogens (tertiary/aromatic N) is 4. The number of amides is 2. The van der Waals surface area contributed by atoms with Crippen molar-refractivity contribution in [1.29, 1.82) is 0 Å². The van der Waals surface area contributed by atoms with Gasteiger partial charge in [0.25, 0.3) is 0 Å². The van der Waals surface area contributed by atoms with Crippen molar-refractivity contribution >= 4 is 35.3 Å². The summed E-state index contributed by atoms with van der Waals surface area (Å²) in [6.07, 6.45) is 6.17. The maximum Gasteiger partial charge on any atom is 0.373 e. The van der Waals surface area contributed by atoms with Crippen LogP contribution in [-0.2, 0) is 43.0 Å². The number of ether oxygens (including phenoxy) is 2. The molecule has 0 aromatic carbocycles. The minimum Gasteiger partial charge on any atom is -0.364 e. The van der Waals surface area contributed by atoms with Crippen LogP contribution in [0.3, 0.4) is 0 Å². The minimum atomic E-state index is -0.295. The molecule has 40 heavy (non-hydrogen) atoms. The summed E-state index contributed by atoms with van der Waals surface area (Å²) in [4.78, 5) is 81.2. The fraction of sp³-hybridized carbons (Fsp3) is 0.630. The van der Waals surface area contributed by atoms with E-state index in [0.717, 1.165) is 12.8 Å². The summed E-state index contributed by atoms with van der Waals surface area (Å²) in [5, 5.41) is 0. The van der Waals surface area contributed by atoms with Gasteiger partial charge in [-0.15, -0.1) is 0 Å². The van der Waals surface area contributed by atoms with Gasteiger partial charge in [0.2, 0.25) is 11.8 Å². The molecule has 0 aromatic rings. The van der Waals surface area contributed by atoms with Crippen molar-refractivity contribution in [1.82, 2.24) is 19.6 Å². The van der Waals surface area contributed by atoms with Crippen LogP contribution < -0.4 is 0 Å². The number of hydrogen-bond acceptors (Lipinski definition) is 11. The second-order valence-electron chi connectivity index (χ2n) is 10.1. The molecule has 0 bridgehead atoms. The third-order valence-corrected chi connectivity index (χ3v) is 6.89. The molecule has 0 N–H and O–H groups in total. The monoisotopic (exact) mass is 562 g/mol. The Kier molecular flexibility index (Phi) is 12.4. The van der Waals surface area contributed by atoms with Gasteiger partial charge in [-0.25, -0.2) is 0 Å². The van der Waals surface area contributed by atoms with Gasteiger partial charge in [0.15, 0.2) is 17.3 Å². The van der Waals surface area contributed by atoms with E-state index in [1.165, 1.54) is 33.0 Å². The molecule has 4 heterocycles. The SMILES string of the molecule is CC(=O)/C=C/N1CC(=O)N2[C@H](C)CCO[C@H]2C1.CC(=O)C(=CN1CC(=O)N2[C@H](C)CCO[C@H]2C1)C(C)=O.O=C=O. The number of ketones is 3. The van der Waals surface area contributed by atoms with Gasteiger partial charge in [-0.3, -0.25) is 24.0 Å². The Labute approximate surface area is 233 Å². The lowest BCUT2D eigenvalue weighted by atomic mass is 10.1. The molecule has 0 saturated carbocycles. The maximum atomic E-state index is 12.2. The average molecular weight is 563 g/mol. The van der Waals surface area contributed by atoms with Crippen LogP contribution in [-0.4, -0.2) is 119 Å². The largest absolute Gasteiger partial charge is 0.373 e. The van der Waals surface area contributed by atoms with E-state index in [-0.39, 0.29) is 72.0 Å². The smallest absolute Gasteiger partial charge is 0.364 e. The minimum absolute atomic E-state index is 0.0159. The molecule has 13 nitrogen and oxygen atoms in total. The number of allylic oxidation sites excluding steroid dienone is 2. The van der Waals surface area contributed by atoms with E-state index >= 15 is 0 Å². The lowest BCUT2D eigenvalue weighted by Gasteiger charge is -2.46. The molecule has 4 rings (SSSR count). The van der Waals surface area contributed by atoms with Crippen molar-refractivity contribution < 1.29 is 43.0 Å². The van der Waals surface area contributed by atoms with E-state index in [2.05, 4.69) is 6.92 Å². The lowest BCUT2D eigenvalue weighted by Crippen LogP contribution is -2.61. The molecule has 0 aliphatic carbocycles. The van der Waals surface area contributed by atoms with Crippen LogP contribution in [0.5, 0.6) is 0 Å². The van der Waals surface area contributed by atoms with Gasteiger partial charge >= 0.3 is 6.15 Å². The van der Waals surface area contributed by atoms with Gasteiger partial charge in [0, 0.05) is 24.5 Å². The van der Waals surface area contributed by atoms with E-state index in [0.29, 0.717) is 32.8 Å². The van der Waals surface area contributed by atoms with Gasteiger partial charge in [0.1, 0.15) is 12.5 Å². The Hall–Kier alpha value is -3.67. The summed E-state index contributed by atoms with van der Waals surface area (Å²) in [5.74, 6) is -0.550. The molecule has 4 aliphatic heterocycles. The Morgan fingerprint density at radius 1 is 0.800 bits per heavy atom. The van der Waals surface area contributed by atoms with Crippen LogP contribution in [0.25, 0.3) is 0 Å². The van der Waals surface area contributed by atoms with Crippen LogP contribution in [0.1, 0.15) is 47.5 Å². The van der Waals surface area contributed by atoms with E-state index in [4.69, 9.17) is 19.1 Å². The fourth-order valence-corrected chi connectivity index (χ4v) is 4.93. The average Bonchev–Trinajstić information content (AvgIpc) is 2.86. The molecule has 0 aromatic heterocycles. The number of Topliss-reactive ketones (excluding diaryl/α,β-unsaturated/α-hetero) is 2. The van der Waals surface area contributed by atoms with Crippen LogP contribution in [0.2, 0.25) is 0 Å². The molecule has 4 atom stereocenters. The zero-order valence-electron chi connectivity index (χ0n) is 23.7. The number of hydrogen-bond donors (Lipinski definition) is 0. The third-order valence-electron chi connectivity index (χ3n) is 6.89. The molecule has 2 amide bonds. The normalized spacial score (nSPS) is 25.8. The Morgan fingerprint density at radius 3 is 1.65 bits per heavy atom. The highest BCUT2D eigenvalue weighted by Gasteiger charge is 2.39. The number of fused-ring (bicyclic) bond motifs is 2. The molecular weight excluding hydrogens is 524 g/mol. The molecule has 4 saturated heterocycles. The maximum absolute atomic E-state index is 12.2. The zero-order valence-corrected chi connectivity index (χ0v) is 23.7. The third kappa shape index (κ3) is 8.94. The quantitative estimate of drug-likeness (QED) is 0.255. The Morgan fingerprint density at radius 2 is 1.23 bits per heavy atom. The summed E-state index contributed by atoms with van der Waals surface area (Å²) in [5.41, 5.74) is 0.120. The molecule has 0 radical (unpaired) electrons. The zero-order chi connectivity index (χ0) is 30.0. The van der Waals surface area contributed by atoms with E-state index < -0.39 is 0 Å². The lowest BCUT2D eigenvalue weighted by molar-refractivity contribution is -0.192. The predicted octanol–water partition coefficient (Wildman–Crippen LogP) is 0.112. The van der Waals surface area contributed by atoms with Crippen molar-refractivity contribution in [2.45, 2.75) is 72.0 Å². The van der Waals surface area contributed by atoms with Crippen molar-refractivity contribution in [3.05, 3.63) is 24.0 Å².